The molecule has 0 unspecified atom stereocenters. The van der Waals surface area contributed by atoms with Gasteiger partial charge in [0, 0.05) is 19.8 Å². The number of carbonyl (C=O) groups excluding carboxylic acids is 1. The summed E-state index contributed by atoms with van der Waals surface area (Å²) in [6.07, 6.45) is 4.62. The molecule has 0 fully saturated rings. The van der Waals surface area contributed by atoms with Crippen LogP contribution in [0.4, 0.5) is 0 Å². The zero-order valence-corrected chi connectivity index (χ0v) is 12.9. The molecule has 21 heavy (non-hydrogen) atoms. The van der Waals surface area contributed by atoms with Crippen molar-refractivity contribution < 1.29 is 4.79 Å². The monoisotopic (exact) mass is 302 g/mol. The highest BCUT2D eigenvalue weighted by Crippen LogP contribution is 2.09. The molecule has 0 saturated heterocycles. The fraction of sp³-hybridized carbons (Fsp3) is 0.294. The summed E-state index contributed by atoms with van der Waals surface area (Å²) < 4.78 is 0. The van der Waals surface area contributed by atoms with Crippen molar-refractivity contribution >= 4 is 17.5 Å². The van der Waals surface area contributed by atoms with E-state index >= 15 is 0 Å². The van der Waals surface area contributed by atoms with Crippen LogP contribution in [0.15, 0.2) is 48.7 Å². The number of carbonyl (C=O) groups is 1. The zero-order valence-electron chi connectivity index (χ0n) is 12.1. The molecule has 1 heterocycles. The van der Waals surface area contributed by atoms with Gasteiger partial charge in [0.2, 0.25) is 0 Å². The molecule has 3 nitrogen and oxygen atoms in total. The van der Waals surface area contributed by atoms with Crippen LogP contribution in [0.3, 0.4) is 0 Å². The Bertz CT molecular complexity index is 569. The lowest BCUT2D eigenvalue weighted by Gasteiger charge is -2.17. The second-order valence-electron chi connectivity index (χ2n) is 5.04. The van der Waals surface area contributed by atoms with Gasteiger partial charge in [0.05, 0.1) is 5.56 Å². The van der Waals surface area contributed by atoms with E-state index in [1.165, 1.54) is 11.8 Å². The van der Waals surface area contributed by atoms with E-state index in [1.807, 2.05) is 13.1 Å². The third-order valence-electron chi connectivity index (χ3n) is 3.37. The molecule has 0 spiro atoms. The van der Waals surface area contributed by atoms with E-state index in [4.69, 9.17) is 11.6 Å². The maximum absolute atomic E-state index is 12.2. The molecule has 0 saturated carbocycles. The topological polar surface area (TPSA) is 33.2 Å². The van der Waals surface area contributed by atoms with Crippen molar-refractivity contribution in [2.24, 2.45) is 0 Å². The molecule has 1 amide bonds. The summed E-state index contributed by atoms with van der Waals surface area (Å²) in [7, 11) is 1.82. The Morgan fingerprint density at radius 3 is 2.57 bits per heavy atom. The number of rotatable bonds is 6. The van der Waals surface area contributed by atoms with Crippen molar-refractivity contribution in [1.82, 2.24) is 9.88 Å². The Hall–Kier alpha value is -1.87. The Morgan fingerprint density at radius 2 is 1.90 bits per heavy atom. The number of amides is 1. The summed E-state index contributed by atoms with van der Waals surface area (Å²) in [6, 6.07) is 13.7. The number of nitrogens with zero attached hydrogens (tertiary/aromatic N) is 2. The van der Waals surface area contributed by atoms with E-state index in [-0.39, 0.29) is 5.91 Å². The summed E-state index contributed by atoms with van der Waals surface area (Å²) in [5.74, 6) is -0.0149. The highest BCUT2D eigenvalue weighted by atomic mass is 35.5. The first kappa shape index (κ1) is 15.5. The first-order valence-corrected chi connectivity index (χ1v) is 7.45. The molecule has 2 rings (SSSR count). The minimum absolute atomic E-state index is 0.0149. The minimum atomic E-state index is -0.0149. The zero-order chi connectivity index (χ0) is 15.1. The van der Waals surface area contributed by atoms with Gasteiger partial charge in [0.15, 0.2) is 0 Å². The minimum Gasteiger partial charge on any atom is -0.342 e. The molecule has 1 aromatic carbocycles. The van der Waals surface area contributed by atoms with Crippen molar-refractivity contribution in [3.63, 3.8) is 0 Å². The first-order chi connectivity index (χ1) is 10.2. The van der Waals surface area contributed by atoms with Gasteiger partial charge in [-0.25, -0.2) is 4.98 Å². The van der Waals surface area contributed by atoms with E-state index in [0.29, 0.717) is 10.7 Å². The van der Waals surface area contributed by atoms with Gasteiger partial charge in [-0.05, 0) is 37.0 Å². The second-order valence-corrected chi connectivity index (χ2v) is 5.43. The number of aryl methyl sites for hydroxylation is 1. The molecular formula is C17H19ClN2O. The molecule has 0 N–H and O–H groups in total. The Morgan fingerprint density at radius 1 is 1.14 bits per heavy atom. The first-order valence-electron chi connectivity index (χ1n) is 7.08. The van der Waals surface area contributed by atoms with E-state index < -0.39 is 0 Å². The van der Waals surface area contributed by atoms with Crippen molar-refractivity contribution in [1.29, 1.82) is 0 Å². The van der Waals surface area contributed by atoms with E-state index in [0.717, 1.165) is 25.8 Å². The van der Waals surface area contributed by atoms with Gasteiger partial charge in [-0.2, -0.15) is 0 Å². The Labute approximate surface area is 130 Å². The standard InChI is InChI=1S/C17H19ClN2O/c1-20(17(21)15-10-11-16(18)19-13-15)12-6-5-9-14-7-3-2-4-8-14/h2-4,7-8,10-11,13H,5-6,9,12H2,1H3. The van der Waals surface area contributed by atoms with Gasteiger partial charge in [-0.1, -0.05) is 41.9 Å². The van der Waals surface area contributed by atoms with Gasteiger partial charge in [0.1, 0.15) is 5.15 Å². The molecule has 0 bridgehead atoms. The third kappa shape index (κ3) is 4.87. The smallest absolute Gasteiger partial charge is 0.255 e. The Kier molecular flexibility index (Phi) is 5.76. The van der Waals surface area contributed by atoms with Crippen LogP contribution in [0.1, 0.15) is 28.8 Å². The highest BCUT2D eigenvalue weighted by molar-refractivity contribution is 6.29. The number of halogens is 1. The van der Waals surface area contributed by atoms with Crippen LogP contribution in [-0.2, 0) is 6.42 Å². The lowest BCUT2D eigenvalue weighted by atomic mass is 10.1. The van der Waals surface area contributed by atoms with Crippen LogP contribution in [0.2, 0.25) is 5.15 Å². The van der Waals surface area contributed by atoms with Crippen molar-refractivity contribution in [2.45, 2.75) is 19.3 Å². The number of benzene rings is 1. The number of hydrogen-bond acceptors (Lipinski definition) is 2. The van der Waals surface area contributed by atoms with Crippen molar-refractivity contribution in [3.05, 3.63) is 64.9 Å². The van der Waals surface area contributed by atoms with Gasteiger partial charge in [-0.3, -0.25) is 4.79 Å². The molecular weight excluding hydrogens is 284 g/mol. The molecule has 0 radical (unpaired) electrons. The van der Waals surface area contributed by atoms with Crippen LogP contribution in [0.25, 0.3) is 0 Å². The largest absolute Gasteiger partial charge is 0.342 e. The highest BCUT2D eigenvalue weighted by Gasteiger charge is 2.11. The summed E-state index contributed by atoms with van der Waals surface area (Å²) >= 11 is 5.72. The van der Waals surface area contributed by atoms with E-state index in [2.05, 4.69) is 29.2 Å². The molecule has 0 atom stereocenters. The molecule has 0 aliphatic carbocycles. The average molecular weight is 303 g/mol. The van der Waals surface area contributed by atoms with Crippen LogP contribution < -0.4 is 0 Å². The van der Waals surface area contributed by atoms with Gasteiger partial charge in [-0.15, -0.1) is 0 Å². The number of aromatic nitrogens is 1. The quantitative estimate of drug-likeness (QED) is 0.600. The summed E-state index contributed by atoms with van der Waals surface area (Å²) in [4.78, 5) is 17.8. The molecule has 1 aromatic heterocycles. The normalized spacial score (nSPS) is 10.4. The lowest BCUT2D eigenvalue weighted by Crippen LogP contribution is -2.27. The average Bonchev–Trinajstić information content (AvgIpc) is 2.52. The van der Waals surface area contributed by atoms with Crippen LogP contribution in [0.5, 0.6) is 0 Å². The summed E-state index contributed by atoms with van der Waals surface area (Å²) in [6.45, 7) is 0.744. The van der Waals surface area contributed by atoms with E-state index in [1.54, 1.807) is 17.0 Å². The van der Waals surface area contributed by atoms with Crippen LogP contribution in [0, 0.1) is 0 Å². The fourth-order valence-electron chi connectivity index (χ4n) is 2.15. The van der Waals surface area contributed by atoms with Gasteiger partial charge in [0.25, 0.3) is 5.91 Å². The van der Waals surface area contributed by atoms with Crippen molar-refractivity contribution in [2.75, 3.05) is 13.6 Å². The van der Waals surface area contributed by atoms with Crippen LogP contribution in [-0.4, -0.2) is 29.4 Å². The van der Waals surface area contributed by atoms with E-state index in [9.17, 15) is 4.79 Å². The second kappa shape index (κ2) is 7.79. The number of hydrogen-bond donors (Lipinski definition) is 0. The molecule has 0 aliphatic heterocycles. The SMILES string of the molecule is CN(CCCCc1ccccc1)C(=O)c1ccc(Cl)nc1. The maximum Gasteiger partial charge on any atom is 0.255 e. The fourth-order valence-corrected chi connectivity index (χ4v) is 2.26. The molecule has 0 aliphatic rings. The number of unbranched alkanes of at least 4 members (excludes halogenated alkanes) is 1. The lowest BCUT2D eigenvalue weighted by molar-refractivity contribution is 0.0792. The third-order valence-corrected chi connectivity index (χ3v) is 3.60. The Balaban J connectivity index is 1.75. The summed E-state index contributed by atoms with van der Waals surface area (Å²) in [5.41, 5.74) is 1.92. The summed E-state index contributed by atoms with van der Waals surface area (Å²) in [5, 5.41) is 0.400. The maximum atomic E-state index is 12.2. The van der Waals surface area contributed by atoms with Gasteiger partial charge < -0.3 is 4.90 Å². The van der Waals surface area contributed by atoms with Crippen LogP contribution >= 0.6 is 11.6 Å². The predicted octanol–water partition coefficient (Wildman–Crippen LogP) is 3.83. The number of pyridine rings is 1. The predicted molar refractivity (Wildman–Crippen MR) is 85.6 cm³/mol. The molecule has 2 aromatic rings. The molecule has 110 valence electrons. The van der Waals surface area contributed by atoms with Gasteiger partial charge >= 0.3 is 0 Å². The van der Waals surface area contributed by atoms with Crippen molar-refractivity contribution in [3.8, 4) is 0 Å². The molecule has 4 heteroatoms.